The van der Waals surface area contributed by atoms with Crippen molar-refractivity contribution in [1.29, 1.82) is 0 Å². The molecule has 1 heterocycles. The molecule has 1 saturated heterocycles. The van der Waals surface area contributed by atoms with Gasteiger partial charge in [-0.1, -0.05) is 23.7 Å². The normalized spacial score (nSPS) is 15.9. The van der Waals surface area contributed by atoms with Crippen LogP contribution in [0.5, 0.6) is 5.75 Å². The molecule has 1 aliphatic heterocycles. The molecule has 0 aromatic heterocycles. The number of rotatable bonds is 8. The van der Waals surface area contributed by atoms with Gasteiger partial charge in [0, 0.05) is 39.3 Å². The fraction of sp³-hybridized carbons (Fsp3) is 0.588. The van der Waals surface area contributed by atoms with Gasteiger partial charge in [-0.3, -0.25) is 9.69 Å². The molecule has 2 rings (SSSR count). The molecule has 0 saturated carbocycles. The first-order valence-electron chi connectivity index (χ1n) is 8.37. The standard InChI is InChI=1S/C17H22ClF3N2O3/c18-14-4-1-2-5-15(14)26-12-16(24)23-9-7-22(8-10-23)6-3-11-25-13-17(19,20)21/h1-2,4-5H,3,6-13H2. The topological polar surface area (TPSA) is 42.0 Å². The third-order valence-corrected chi connectivity index (χ3v) is 4.25. The summed E-state index contributed by atoms with van der Waals surface area (Å²) < 4.78 is 45.9. The quantitative estimate of drug-likeness (QED) is 0.636. The highest BCUT2D eigenvalue weighted by Crippen LogP contribution is 2.23. The second-order valence-corrected chi connectivity index (χ2v) is 6.37. The highest BCUT2D eigenvalue weighted by Gasteiger charge is 2.27. The Morgan fingerprint density at radius 2 is 1.85 bits per heavy atom. The molecule has 0 bridgehead atoms. The van der Waals surface area contributed by atoms with Crippen LogP contribution in [0.4, 0.5) is 13.2 Å². The van der Waals surface area contributed by atoms with Crippen molar-refractivity contribution in [2.75, 3.05) is 52.5 Å². The Hall–Kier alpha value is -1.51. The number of piperazine rings is 1. The number of amides is 1. The Kier molecular flexibility index (Phi) is 7.99. The van der Waals surface area contributed by atoms with Crippen LogP contribution in [0.15, 0.2) is 24.3 Å². The van der Waals surface area contributed by atoms with E-state index >= 15 is 0 Å². The molecule has 1 fully saturated rings. The second kappa shape index (κ2) is 9.99. The van der Waals surface area contributed by atoms with Gasteiger partial charge in [0.1, 0.15) is 12.4 Å². The minimum atomic E-state index is -4.28. The van der Waals surface area contributed by atoms with Crippen LogP contribution < -0.4 is 4.74 Å². The molecule has 1 aromatic rings. The van der Waals surface area contributed by atoms with E-state index in [1.807, 2.05) is 0 Å². The van der Waals surface area contributed by atoms with Crippen molar-refractivity contribution >= 4 is 17.5 Å². The van der Waals surface area contributed by atoms with Gasteiger partial charge >= 0.3 is 6.18 Å². The van der Waals surface area contributed by atoms with Crippen LogP contribution in [0.3, 0.4) is 0 Å². The van der Waals surface area contributed by atoms with E-state index in [2.05, 4.69) is 9.64 Å². The molecule has 1 aromatic carbocycles. The summed E-state index contributed by atoms with van der Waals surface area (Å²) in [6.07, 6.45) is -3.75. The van der Waals surface area contributed by atoms with Gasteiger partial charge in [-0.15, -0.1) is 0 Å². The lowest BCUT2D eigenvalue weighted by atomic mass is 10.3. The lowest BCUT2D eigenvalue weighted by Gasteiger charge is -2.34. The maximum absolute atomic E-state index is 12.2. The zero-order chi connectivity index (χ0) is 19.0. The fourth-order valence-electron chi connectivity index (χ4n) is 2.59. The summed E-state index contributed by atoms with van der Waals surface area (Å²) in [5.74, 6) is 0.359. The smallest absolute Gasteiger partial charge is 0.411 e. The Morgan fingerprint density at radius 3 is 2.50 bits per heavy atom. The fourth-order valence-corrected chi connectivity index (χ4v) is 2.78. The van der Waals surface area contributed by atoms with Crippen LogP contribution in [-0.2, 0) is 9.53 Å². The van der Waals surface area contributed by atoms with Crippen molar-refractivity contribution < 1.29 is 27.4 Å². The first kappa shape index (κ1) is 20.8. The van der Waals surface area contributed by atoms with Crippen molar-refractivity contribution in [2.45, 2.75) is 12.6 Å². The lowest BCUT2D eigenvalue weighted by Crippen LogP contribution is -2.50. The molecule has 146 valence electrons. The van der Waals surface area contributed by atoms with Crippen LogP contribution in [0.25, 0.3) is 0 Å². The molecule has 0 aliphatic carbocycles. The Balaban J connectivity index is 1.60. The van der Waals surface area contributed by atoms with E-state index in [0.29, 0.717) is 49.9 Å². The van der Waals surface area contributed by atoms with Crippen LogP contribution in [-0.4, -0.2) is 74.4 Å². The van der Waals surface area contributed by atoms with Gasteiger partial charge in [0.2, 0.25) is 0 Å². The molecule has 0 spiro atoms. The van der Waals surface area contributed by atoms with E-state index in [-0.39, 0.29) is 19.1 Å². The molecule has 1 aliphatic rings. The Labute approximate surface area is 155 Å². The maximum Gasteiger partial charge on any atom is 0.411 e. The van der Waals surface area contributed by atoms with E-state index < -0.39 is 12.8 Å². The number of ether oxygens (including phenoxy) is 2. The molecule has 9 heteroatoms. The summed E-state index contributed by atoms with van der Waals surface area (Å²) in [4.78, 5) is 16.0. The maximum atomic E-state index is 12.2. The molecular weight excluding hydrogens is 373 g/mol. The number of benzene rings is 1. The summed E-state index contributed by atoms with van der Waals surface area (Å²) in [6, 6.07) is 6.96. The lowest BCUT2D eigenvalue weighted by molar-refractivity contribution is -0.174. The van der Waals surface area contributed by atoms with Crippen molar-refractivity contribution in [2.24, 2.45) is 0 Å². The van der Waals surface area contributed by atoms with E-state index in [0.717, 1.165) is 0 Å². The summed E-state index contributed by atoms with van der Waals surface area (Å²) in [5.41, 5.74) is 0. The van der Waals surface area contributed by atoms with Crippen molar-refractivity contribution in [3.63, 3.8) is 0 Å². The Morgan fingerprint density at radius 1 is 1.15 bits per heavy atom. The number of nitrogens with zero attached hydrogens (tertiary/aromatic N) is 2. The molecule has 0 N–H and O–H groups in total. The highest BCUT2D eigenvalue weighted by molar-refractivity contribution is 6.32. The van der Waals surface area contributed by atoms with Gasteiger partial charge in [-0.2, -0.15) is 13.2 Å². The minimum Gasteiger partial charge on any atom is -0.482 e. The summed E-state index contributed by atoms with van der Waals surface area (Å²) in [7, 11) is 0. The van der Waals surface area contributed by atoms with Crippen LogP contribution >= 0.6 is 11.6 Å². The number of halogens is 4. The van der Waals surface area contributed by atoms with E-state index in [1.54, 1.807) is 29.2 Å². The third-order valence-electron chi connectivity index (χ3n) is 3.94. The molecule has 0 radical (unpaired) electrons. The van der Waals surface area contributed by atoms with Crippen LogP contribution in [0.1, 0.15) is 6.42 Å². The van der Waals surface area contributed by atoms with E-state index in [1.165, 1.54) is 0 Å². The highest BCUT2D eigenvalue weighted by atomic mass is 35.5. The number of para-hydroxylation sites is 1. The second-order valence-electron chi connectivity index (χ2n) is 5.96. The van der Waals surface area contributed by atoms with Crippen LogP contribution in [0.2, 0.25) is 5.02 Å². The van der Waals surface area contributed by atoms with Gasteiger partial charge in [0.05, 0.1) is 5.02 Å². The minimum absolute atomic E-state index is 0.0737. The van der Waals surface area contributed by atoms with Gasteiger partial charge in [0.25, 0.3) is 5.91 Å². The molecule has 0 atom stereocenters. The first-order chi connectivity index (χ1) is 12.3. The number of carbonyl (C=O) groups excluding carboxylic acids is 1. The predicted octanol–water partition coefficient (Wildman–Crippen LogP) is 2.83. The third kappa shape index (κ3) is 7.39. The average Bonchev–Trinajstić information content (AvgIpc) is 2.60. The van der Waals surface area contributed by atoms with Crippen LogP contribution in [0, 0.1) is 0 Å². The summed E-state index contributed by atoms with van der Waals surface area (Å²) in [5, 5.41) is 0.456. The van der Waals surface area contributed by atoms with Gasteiger partial charge in [-0.25, -0.2) is 0 Å². The van der Waals surface area contributed by atoms with Gasteiger partial charge in [0.15, 0.2) is 6.61 Å². The largest absolute Gasteiger partial charge is 0.482 e. The number of hydrogen-bond donors (Lipinski definition) is 0. The van der Waals surface area contributed by atoms with E-state index in [9.17, 15) is 18.0 Å². The molecule has 0 unspecified atom stereocenters. The van der Waals surface area contributed by atoms with E-state index in [4.69, 9.17) is 16.3 Å². The number of carbonyl (C=O) groups is 1. The van der Waals surface area contributed by atoms with Crippen molar-refractivity contribution in [1.82, 2.24) is 9.80 Å². The molecule has 26 heavy (non-hydrogen) atoms. The molecule has 5 nitrogen and oxygen atoms in total. The predicted molar refractivity (Wildman–Crippen MR) is 91.5 cm³/mol. The van der Waals surface area contributed by atoms with Crippen molar-refractivity contribution in [3.05, 3.63) is 29.3 Å². The van der Waals surface area contributed by atoms with Gasteiger partial charge in [-0.05, 0) is 18.6 Å². The SMILES string of the molecule is O=C(COc1ccccc1Cl)N1CCN(CCCOCC(F)(F)F)CC1. The van der Waals surface area contributed by atoms with Gasteiger partial charge < -0.3 is 14.4 Å². The van der Waals surface area contributed by atoms with Crippen molar-refractivity contribution in [3.8, 4) is 5.75 Å². The zero-order valence-corrected chi connectivity index (χ0v) is 15.1. The average molecular weight is 395 g/mol. The molecular formula is C17H22ClF3N2O3. The summed E-state index contributed by atoms with van der Waals surface area (Å²) in [6.45, 7) is 1.92. The number of hydrogen-bond acceptors (Lipinski definition) is 4. The Bertz CT molecular complexity index is 579. The first-order valence-corrected chi connectivity index (χ1v) is 8.75. The molecule has 1 amide bonds. The zero-order valence-electron chi connectivity index (χ0n) is 14.3. The summed E-state index contributed by atoms with van der Waals surface area (Å²) >= 11 is 5.98. The monoisotopic (exact) mass is 394 g/mol. The number of alkyl halides is 3.